The Morgan fingerprint density at radius 2 is 1.76 bits per heavy atom. The Morgan fingerprint density at radius 3 is 2.44 bits per heavy atom. The molecular formula is C20H35BrN2O2. The van der Waals surface area contributed by atoms with E-state index in [1.165, 1.54) is 45.1 Å². The lowest BCUT2D eigenvalue weighted by atomic mass is 10.1. The van der Waals surface area contributed by atoms with Gasteiger partial charge < -0.3 is 31.3 Å². The van der Waals surface area contributed by atoms with Gasteiger partial charge in [-0.3, -0.25) is 4.99 Å². The van der Waals surface area contributed by atoms with Gasteiger partial charge in [0, 0.05) is 6.21 Å². The maximum atomic E-state index is 9.59. The quantitative estimate of drug-likeness (QED) is 0.317. The molecule has 0 aliphatic carbocycles. The highest BCUT2D eigenvalue weighted by molar-refractivity contribution is 5.80. The lowest BCUT2D eigenvalue weighted by molar-refractivity contribution is -0.889. The van der Waals surface area contributed by atoms with E-state index in [1.54, 1.807) is 19.2 Å². The first-order valence-corrected chi connectivity index (χ1v) is 9.17. The van der Waals surface area contributed by atoms with Crippen LogP contribution in [0, 0.1) is 0 Å². The minimum Gasteiger partial charge on any atom is -1.00 e. The van der Waals surface area contributed by atoms with Crippen molar-refractivity contribution in [3.63, 3.8) is 0 Å². The summed E-state index contributed by atoms with van der Waals surface area (Å²) in [5, 5.41) is 9.59. The third-order valence-corrected chi connectivity index (χ3v) is 4.40. The van der Waals surface area contributed by atoms with Gasteiger partial charge in [-0.1, -0.05) is 32.6 Å². The number of halogens is 1. The van der Waals surface area contributed by atoms with Crippen LogP contribution in [-0.4, -0.2) is 56.6 Å². The Kier molecular flexibility index (Phi) is 12.6. The number of unbranched alkanes of at least 4 members (excludes halogenated alkanes) is 5. The number of quaternary nitrogens is 1. The van der Waals surface area contributed by atoms with Crippen LogP contribution in [0.5, 0.6) is 11.5 Å². The van der Waals surface area contributed by atoms with Gasteiger partial charge in [0.1, 0.15) is 0 Å². The Bertz CT molecular complexity index is 504. The molecule has 144 valence electrons. The largest absolute Gasteiger partial charge is 1.00 e. The van der Waals surface area contributed by atoms with Gasteiger partial charge in [0.25, 0.3) is 0 Å². The van der Waals surface area contributed by atoms with Gasteiger partial charge in [0.05, 0.1) is 40.8 Å². The number of nitrogens with zero attached hydrogens (tertiary/aromatic N) is 2. The number of rotatable bonds is 12. The fourth-order valence-corrected chi connectivity index (χ4v) is 2.70. The van der Waals surface area contributed by atoms with Crippen molar-refractivity contribution in [3.05, 3.63) is 23.8 Å². The maximum absolute atomic E-state index is 9.59. The average Bonchev–Trinajstić information content (AvgIpc) is 2.56. The summed E-state index contributed by atoms with van der Waals surface area (Å²) in [6, 6.07) is 5.28. The van der Waals surface area contributed by atoms with Crippen LogP contribution < -0.4 is 21.7 Å². The van der Waals surface area contributed by atoms with Crippen LogP contribution >= 0.6 is 0 Å². The average molecular weight is 415 g/mol. The molecule has 25 heavy (non-hydrogen) atoms. The van der Waals surface area contributed by atoms with E-state index in [0.29, 0.717) is 5.75 Å². The molecule has 0 unspecified atom stereocenters. The first-order valence-electron chi connectivity index (χ1n) is 9.17. The summed E-state index contributed by atoms with van der Waals surface area (Å²) in [6.07, 6.45) is 9.93. The minimum absolute atomic E-state index is 0. The van der Waals surface area contributed by atoms with E-state index >= 15 is 0 Å². The molecule has 1 aromatic carbocycles. The van der Waals surface area contributed by atoms with Crippen LogP contribution in [0.2, 0.25) is 0 Å². The Labute approximate surface area is 164 Å². The SMILES string of the molecule is CCCCCCCC[N+](C)(C)CCN=Cc1ccc(O)c(OC)c1.[Br-]. The van der Waals surface area contributed by atoms with E-state index in [2.05, 4.69) is 26.0 Å². The second-order valence-corrected chi connectivity index (χ2v) is 7.12. The first kappa shape index (κ1) is 23.9. The molecule has 0 aliphatic heterocycles. The molecule has 0 fully saturated rings. The van der Waals surface area contributed by atoms with E-state index in [4.69, 9.17) is 4.74 Å². The maximum Gasteiger partial charge on any atom is 0.161 e. The van der Waals surface area contributed by atoms with Crippen molar-refractivity contribution < 1.29 is 31.3 Å². The Morgan fingerprint density at radius 1 is 1.08 bits per heavy atom. The van der Waals surface area contributed by atoms with Crippen molar-refractivity contribution in [3.8, 4) is 11.5 Å². The van der Waals surface area contributed by atoms with Crippen molar-refractivity contribution in [2.45, 2.75) is 45.4 Å². The number of benzene rings is 1. The van der Waals surface area contributed by atoms with Crippen molar-refractivity contribution in [1.82, 2.24) is 0 Å². The molecule has 0 saturated heterocycles. The molecule has 5 heteroatoms. The Hall–Kier alpha value is -1.07. The number of methoxy groups -OCH3 is 1. The van der Waals surface area contributed by atoms with Crippen LogP contribution in [0.25, 0.3) is 0 Å². The van der Waals surface area contributed by atoms with Gasteiger partial charge in [0.15, 0.2) is 11.5 Å². The van der Waals surface area contributed by atoms with Gasteiger partial charge in [-0.15, -0.1) is 0 Å². The molecule has 0 bridgehead atoms. The molecule has 0 atom stereocenters. The van der Waals surface area contributed by atoms with Crippen LogP contribution in [0.15, 0.2) is 23.2 Å². The highest BCUT2D eigenvalue weighted by atomic mass is 79.9. The van der Waals surface area contributed by atoms with E-state index in [1.807, 2.05) is 12.3 Å². The lowest BCUT2D eigenvalue weighted by Gasteiger charge is -2.29. The molecule has 4 nitrogen and oxygen atoms in total. The van der Waals surface area contributed by atoms with Gasteiger partial charge in [-0.2, -0.15) is 0 Å². The number of phenols is 1. The third kappa shape index (κ3) is 10.5. The molecule has 1 N–H and O–H groups in total. The van der Waals surface area contributed by atoms with Crippen LogP contribution in [0.3, 0.4) is 0 Å². The summed E-state index contributed by atoms with van der Waals surface area (Å²) in [5.41, 5.74) is 0.950. The predicted octanol–water partition coefficient (Wildman–Crippen LogP) is 1.26. The van der Waals surface area contributed by atoms with Crippen molar-refractivity contribution >= 4 is 6.21 Å². The molecule has 0 amide bonds. The zero-order valence-electron chi connectivity index (χ0n) is 16.3. The van der Waals surface area contributed by atoms with E-state index in [0.717, 1.165) is 23.1 Å². The van der Waals surface area contributed by atoms with E-state index in [9.17, 15) is 5.11 Å². The fourth-order valence-electron chi connectivity index (χ4n) is 2.70. The number of hydrogen-bond donors (Lipinski definition) is 1. The summed E-state index contributed by atoms with van der Waals surface area (Å²) < 4.78 is 6.13. The zero-order chi connectivity index (χ0) is 17.8. The topological polar surface area (TPSA) is 41.8 Å². The molecule has 0 aliphatic rings. The monoisotopic (exact) mass is 414 g/mol. The fraction of sp³-hybridized carbons (Fsp3) is 0.650. The van der Waals surface area contributed by atoms with Gasteiger partial charge in [-0.25, -0.2) is 0 Å². The highest BCUT2D eigenvalue weighted by Crippen LogP contribution is 2.25. The molecule has 1 aromatic rings. The number of likely N-dealkylation sites (N-methyl/N-ethyl adjacent to an activating group) is 1. The minimum atomic E-state index is 0. The zero-order valence-corrected chi connectivity index (χ0v) is 17.9. The summed E-state index contributed by atoms with van der Waals surface area (Å²) in [5.74, 6) is 0.643. The molecule has 0 aromatic heterocycles. The number of phenolic OH excluding ortho intramolecular Hbond substituents is 1. The standard InChI is InChI=1S/C20H34N2O2.BrH/c1-5-6-7-8-9-10-14-22(2,3)15-13-21-17-18-11-12-19(23)20(16-18)24-4;/h11-12,16-17H,5-10,13-15H2,1-4H3;1H. The number of aromatic hydroxyl groups is 1. The third-order valence-electron chi connectivity index (χ3n) is 4.40. The molecule has 0 heterocycles. The van der Waals surface area contributed by atoms with Crippen LogP contribution in [0.4, 0.5) is 0 Å². The van der Waals surface area contributed by atoms with Crippen molar-refractivity contribution in [2.75, 3.05) is 40.8 Å². The smallest absolute Gasteiger partial charge is 0.161 e. The Balaban J connectivity index is 0.00000576. The molecule has 1 rings (SSSR count). The summed E-state index contributed by atoms with van der Waals surface area (Å²) in [6.45, 7) is 5.33. The highest BCUT2D eigenvalue weighted by Gasteiger charge is 2.13. The van der Waals surface area contributed by atoms with Crippen LogP contribution in [-0.2, 0) is 0 Å². The first-order chi connectivity index (χ1) is 11.5. The molecule has 0 saturated carbocycles. The van der Waals surface area contributed by atoms with Gasteiger partial charge in [0.2, 0.25) is 0 Å². The van der Waals surface area contributed by atoms with Crippen molar-refractivity contribution in [2.24, 2.45) is 4.99 Å². The second-order valence-electron chi connectivity index (χ2n) is 7.12. The second kappa shape index (κ2) is 13.2. The number of hydrogen-bond acceptors (Lipinski definition) is 3. The normalized spacial score (nSPS) is 11.5. The van der Waals surface area contributed by atoms with E-state index < -0.39 is 0 Å². The van der Waals surface area contributed by atoms with Gasteiger partial charge in [-0.05, 0) is 36.6 Å². The predicted molar refractivity (Wildman–Crippen MR) is 102 cm³/mol. The lowest BCUT2D eigenvalue weighted by Crippen LogP contribution is -3.00. The van der Waals surface area contributed by atoms with Gasteiger partial charge >= 0.3 is 0 Å². The number of ether oxygens (including phenoxy) is 1. The molecule has 0 spiro atoms. The van der Waals surface area contributed by atoms with Crippen molar-refractivity contribution in [1.29, 1.82) is 0 Å². The summed E-state index contributed by atoms with van der Waals surface area (Å²) in [7, 11) is 6.12. The number of aliphatic imine (C=N–C) groups is 1. The van der Waals surface area contributed by atoms with Crippen LogP contribution in [0.1, 0.15) is 51.0 Å². The summed E-state index contributed by atoms with van der Waals surface area (Å²) in [4.78, 5) is 4.52. The molecule has 0 radical (unpaired) electrons. The van der Waals surface area contributed by atoms with E-state index in [-0.39, 0.29) is 22.7 Å². The molecular weight excluding hydrogens is 380 g/mol. The summed E-state index contributed by atoms with van der Waals surface area (Å²) >= 11 is 0.